The van der Waals surface area contributed by atoms with Crippen LogP contribution in [0.3, 0.4) is 0 Å². The van der Waals surface area contributed by atoms with Gasteiger partial charge in [-0.3, -0.25) is 4.99 Å². The summed E-state index contributed by atoms with van der Waals surface area (Å²) < 4.78 is 0. The van der Waals surface area contributed by atoms with Crippen LogP contribution in [0.4, 0.5) is 0 Å². The van der Waals surface area contributed by atoms with Crippen LogP contribution in [0.15, 0.2) is 16.2 Å². The number of hydrogen-bond donors (Lipinski definition) is 1. The monoisotopic (exact) mass is 132 g/mol. The van der Waals surface area contributed by atoms with Gasteiger partial charge >= 0.3 is 0 Å². The molecule has 0 atom stereocenters. The Balaban J connectivity index is 4.04. The quantitative estimate of drug-likeness (QED) is 0.534. The third-order valence-corrected chi connectivity index (χ3v) is 1.23. The second-order valence-corrected chi connectivity index (χ2v) is 1.73. The van der Waals surface area contributed by atoms with Crippen molar-refractivity contribution in [3.05, 3.63) is 11.2 Å². The summed E-state index contributed by atoms with van der Waals surface area (Å²) in [5.41, 5.74) is 5.83. The van der Waals surface area contributed by atoms with Gasteiger partial charge in [-0.15, -0.1) is 0 Å². The van der Waals surface area contributed by atoms with E-state index in [1.807, 2.05) is 0 Å². The van der Waals surface area contributed by atoms with Gasteiger partial charge in [-0.1, -0.05) is 11.6 Å². The van der Waals surface area contributed by atoms with E-state index in [1.165, 1.54) is 6.20 Å². The summed E-state index contributed by atoms with van der Waals surface area (Å²) in [4.78, 5) is 3.80. The first-order valence-corrected chi connectivity index (χ1v) is 2.61. The fraction of sp³-hybridized carbons (Fsp3) is 0.400. The van der Waals surface area contributed by atoms with Crippen molar-refractivity contribution in [2.75, 3.05) is 7.05 Å². The first-order valence-electron chi connectivity index (χ1n) is 2.23. The summed E-state index contributed by atoms with van der Waals surface area (Å²) in [6.07, 6.45) is 1.32. The molecule has 3 heteroatoms. The number of rotatable bonds is 1. The molecular formula is C5H9ClN2. The van der Waals surface area contributed by atoms with Crippen LogP contribution in [0.1, 0.15) is 6.92 Å². The number of aliphatic imine (C=N–C) groups is 1. The van der Waals surface area contributed by atoms with Crippen LogP contribution >= 0.6 is 11.6 Å². The van der Waals surface area contributed by atoms with Gasteiger partial charge in [0.05, 0.1) is 10.7 Å². The molecule has 0 aliphatic rings. The highest BCUT2D eigenvalue weighted by atomic mass is 35.5. The molecule has 0 amide bonds. The lowest BCUT2D eigenvalue weighted by atomic mass is 10.4. The molecule has 0 bridgehead atoms. The molecular weight excluding hydrogens is 124 g/mol. The number of nitrogens with two attached hydrogens (primary N) is 1. The molecule has 0 aromatic carbocycles. The highest BCUT2D eigenvalue weighted by Gasteiger charge is 1.90. The first kappa shape index (κ1) is 7.50. The van der Waals surface area contributed by atoms with Crippen LogP contribution in [0.25, 0.3) is 0 Å². The molecule has 8 heavy (non-hydrogen) atoms. The summed E-state index contributed by atoms with van der Waals surface area (Å²) in [5.74, 6) is 0. The predicted molar refractivity (Wildman–Crippen MR) is 37.2 cm³/mol. The highest BCUT2D eigenvalue weighted by molar-refractivity contribution is 6.43. The second kappa shape index (κ2) is 3.50. The zero-order valence-electron chi connectivity index (χ0n) is 4.98. The lowest BCUT2D eigenvalue weighted by Crippen LogP contribution is -1.93. The Morgan fingerprint density at radius 2 is 2.25 bits per heavy atom. The smallest absolute Gasteiger partial charge is 0.0767 e. The fourth-order valence-electron chi connectivity index (χ4n) is 0.227. The van der Waals surface area contributed by atoms with Gasteiger partial charge < -0.3 is 5.73 Å². The van der Waals surface area contributed by atoms with Gasteiger partial charge in [0.15, 0.2) is 0 Å². The molecule has 46 valence electrons. The molecule has 0 saturated carbocycles. The van der Waals surface area contributed by atoms with Crippen molar-refractivity contribution < 1.29 is 0 Å². The van der Waals surface area contributed by atoms with Crippen molar-refractivity contribution in [1.29, 1.82) is 0 Å². The maximum absolute atomic E-state index is 5.52. The van der Waals surface area contributed by atoms with Gasteiger partial charge in [0, 0.05) is 13.2 Å². The minimum atomic E-state index is 0.507. The molecule has 0 saturated heterocycles. The maximum Gasteiger partial charge on any atom is 0.0767 e. The van der Waals surface area contributed by atoms with E-state index in [0.29, 0.717) is 5.03 Å². The van der Waals surface area contributed by atoms with Gasteiger partial charge in [-0.05, 0) is 6.92 Å². The average molecular weight is 133 g/mol. The Morgan fingerprint density at radius 3 is 2.38 bits per heavy atom. The number of hydrogen-bond acceptors (Lipinski definition) is 2. The minimum absolute atomic E-state index is 0.507. The minimum Gasteiger partial charge on any atom is -0.403 e. The average Bonchev–Trinajstić information content (AvgIpc) is 1.84. The summed E-state index contributed by atoms with van der Waals surface area (Å²) in [5, 5.41) is 0.507. The van der Waals surface area contributed by atoms with Gasteiger partial charge in [0.1, 0.15) is 0 Å². The van der Waals surface area contributed by atoms with Gasteiger partial charge in [-0.2, -0.15) is 0 Å². The van der Waals surface area contributed by atoms with Crippen LogP contribution in [0, 0.1) is 0 Å². The molecule has 0 aliphatic heterocycles. The van der Waals surface area contributed by atoms with Crippen molar-refractivity contribution in [3.8, 4) is 0 Å². The van der Waals surface area contributed by atoms with E-state index >= 15 is 0 Å². The van der Waals surface area contributed by atoms with Gasteiger partial charge in [-0.25, -0.2) is 0 Å². The fourth-order valence-corrected chi connectivity index (χ4v) is 0.312. The Kier molecular flexibility index (Phi) is 3.28. The van der Waals surface area contributed by atoms with E-state index in [4.69, 9.17) is 17.3 Å². The normalized spacial score (nSPS) is 14.4. The van der Waals surface area contributed by atoms with E-state index in [2.05, 4.69) is 4.99 Å². The molecule has 0 rings (SSSR count). The van der Waals surface area contributed by atoms with Crippen molar-refractivity contribution in [3.63, 3.8) is 0 Å². The van der Waals surface area contributed by atoms with E-state index < -0.39 is 0 Å². The van der Waals surface area contributed by atoms with Crippen LogP contribution in [-0.4, -0.2) is 12.8 Å². The van der Waals surface area contributed by atoms with E-state index in [9.17, 15) is 0 Å². The summed E-state index contributed by atoms with van der Waals surface area (Å²) in [6.45, 7) is 1.80. The van der Waals surface area contributed by atoms with Gasteiger partial charge in [0.2, 0.25) is 0 Å². The number of allylic oxidation sites excluding steroid dienone is 1. The predicted octanol–water partition coefficient (Wildman–Crippen LogP) is 1.12. The third-order valence-electron chi connectivity index (χ3n) is 0.827. The summed E-state index contributed by atoms with van der Waals surface area (Å²) >= 11 is 5.52. The SMILES string of the molecule is CN=C(C)C(Cl)=CN. The van der Waals surface area contributed by atoms with Crippen LogP contribution in [0.5, 0.6) is 0 Å². The maximum atomic E-state index is 5.52. The molecule has 0 aromatic heterocycles. The molecule has 0 fully saturated rings. The Labute approximate surface area is 54.0 Å². The van der Waals surface area contributed by atoms with Crippen LogP contribution < -0.4 is 5.73 Å². The Bertz CT molecular complexity index is 110. The van der Waals surface area contributed by atoms with Crippen molar-refractivity contribution in [2.24, 2.45) is 10.7 Å². The topological polar surface area (TPSA) is 38.4 Å². The Hall–Kier alpha value is -0.500. The first-order chi connectivity index (χ1) is 3.72. The van der Waals surface area contributed by atoms with E-state index in [0.717, 1.165) is 5.71 Å². The number of nitrogens with zero attached hydrogens (tertiary/aromatic N) is 1. The van der Waals surface area contributed by atoms with Crippen molar-refractivity contribution >= 4 is 17.3 Å². The zero-order chi connectivity index (χ0) is 6.57. The Morgan fingerprint density at radius 1 is 1.75 bits per heavy atom. The lowest BCUT2D eigenvalue weighted by Gasteiger charge is -1.90. The third kappa shape index (κ3) is 1.98. The van der Waals surface area contributed by atoms with Crippen LogP contribution in [-0.2, 0) is 0 Å². The molecule has 0 radical (unpaired) electrons. The molecule has 0 heterocycles. The molecule has 0 unspecified atom stereocenters. The molecule has 0 spiro atoms. The molecule has 2 nitrogen and oxygen atoms in total. The van der Waals surface area contributed by atoms with Crippen LogP contribution in [0.2, 0.25) is 0 Å². The second-order valence-electron chi connectivity index (χ2n) is 1.32. The molecule has 0 aliphatic carbocycles. The van der Waals surface area contributed by atoms with E-state index in [-0.39, 0.29) is 0 Å². The van der Waals surface area contributed by atoms with E-state index in [1.54, 1.807) is 14.0 Å². The standard InChI is InChI=1S/C5H9ClN2/c1-4(8-2)5(6)3-7/h3H,7H2,1-2H3. The molecule has 2 N–H and O–H groups in total. The number of halogens is 1. The van der Waals surface area contributed by atoms with Crippen molar-refractivity contribution in [1.82, 2.24) is 0 Å². The largest absolute Gasteiger partial charge is 0.403 e. The van der Waals surface area contributed by atoms with Gasteiger partial charge in [0.25, 0.3) is 0 Å². The van der Waals surface area contributed by atoms with Crippen molar-refractivity contribution in [2.45, 2.75) is 6.92 Å². The zero-order valence-corrected chi connectivity index (χ0v) is 5.74. The molecule has 0 aromatic rings. The summed E-state index contributed by atoms with van der Waals surface area (Å²) in [6, 6.07) is 0. The summed E-state index contributed by atoms with van der Waals surface area (Å²) in [7, 11) is 1.67. The lowest BCUT2D eigenvalue weighted by molar-refractivity contribution is 1.42. The highest BCUT2D eigenvalue weighted by Crippen LogP contribution is 1.99.